The highest BCUT2D eigenvalue weighted by Gasteiger charge is 2.16. The van der Waals surface area contributed by atoms with E-state index in [9.17, 15) is 9.59 Å². The summed E-state index contributed by atoms with van der Waals surface area (Å²) in [5, 5.41) is 11.5. The van der Waals surface area contributed by atoms with E-state index in [2.05, 4.69) is 10.3 Å². The quantitative estimate of drug-likeness (QED) is 0.877. The van der Waals surface area contributed by atoms with Gasteiger partial charge in [-0.15, -0.1) is 0 Å². The summed E-state index contributed by atoms with van der Waals surface area (Å²) >= 11 is 0. The fourth-order valence-electron chi connectivity index (χ4n) is 1.83. The predicted octanol–water partition coefficient (Wildman–Crippen LogP) is 2.05. The van der Waals surface area contributed by atoms with Gasteiger partial charge in [-0.3, -0.25) is 4.79 Å². The Hall–Kier alpha value is -3.09. The van der Waals surface area contributed by atoms with Gasteiger partial charge in [-0.1, -0.05) is 12.1 Å². The van der Waals surface area contributed by atoms with Crippen molar-refractivity contribution in [2.45, 2.75) is 0 Å². The maximum absolute atomic E-state index is 12.2. The van der Waals surface area contributed by atoms with Crippen LogP contribution in [0.25, 0.3) is 0 Å². The molecule has 1 aromatic carbocycles. The number of hydrogen-bond donors (Lipinski definition) is 2. The number of carboxylic acids is 1. The topological polar surface area (TPSA) is 97.8 Å². The Balaban J connectivity index is 2.33. The Morgan fingerprint density at radius 2 is 1.55 bits per heavy atom. The monoisotopic (exact) mass is 302 g/mol. The fourth-order valence-corrected chi connectivity index (χ4v) is 1.83. The number of carboxylic acid groups (broad SMARTS) is 1. The molecule has 0 radical (unpaired) electrons. The van der Waals surface area contributed by atoms with E-state index < -0.39 is 11.9 Å². The number of nitrogens with zero attached hydrogens (tertiary/aromatic N) is 1. The van der Waals surface area contributed by atoms with Crippen LogP contribution in [0.5, 0.6) is 11.5 Å². The first-order chi connectivity index (χ1) is 10.6. The number of pyridine rings is 1. The van der Waals surface area contributed by atoms with E-state index in [0.29, 0.717) is 17.2 Å². The molecule has 0 saturated heterocycles. The molecule has 22 heavy (non-hydrogen) atoms. The summed E-state index contributed by atoms with van der Waals surface area (Å²) in [6.07, 6.45) is 0. The highest BCUT2D eigenvalue weighted by molar-refractivity contribution is 6.05. The van der Waals surface area contributed by atoms with E-state index in [1.807, 2.05) is 0 Å². The molecule has 0 aliphatic carbocycles. The highest BCUT2D eigenvalue weighted by Crippen LogP contribution is 2.34. The number of hydrogen-bond acceptors (Lipinski definition) is 5. The van der Waals surface area contributed by atoms with Crippen LogP contribution in [0.1, 0.15) is 21.0 Å². The first kappa shape index (κ1) is 15.3. The largest absolute Gasteiger partial charge is 0.494 e. The van der Waals surface area contributed by atoms with Crippen molar-refractivity contribution in [3.63, 3.8) is 0 Å². The summed E-state index contributed by atoms with van der Waals surface area (Å²) in [6, 6.07) is 9.23. The van der Waals surface area contributed by atoms with Crippen molar-refractivity contribution in [1.29, 1.82) is 0 Å². The zero-order valence-electron chi connectivity index (χ0n) is 12.0. The smallest absolute Gasteiger partial charge is 0.354 e. The fraction of sp³-hybridized carbons (Fsp3) is 0.133. The number of benzene rings is 1. The third-order valence-corrected chi connectivity index (χ3v) is 2.87. The lowest BCUT2D eigenvalue weighted by molar-refractivity contribution is 0.0690. The molecule has 1 aromatic heterocycles. The molecule has 7 heteroatoms. The molecule has 0 saturated carbocycles. The van der Waals surface area contributed by atoms with Gasteiger partial charge in [-0.25, -0.2) is 9.78 Å². The molecule has 1 heterocycles. The lowest BCUT2D eigenvalue weighted by Crippen LogP contribution is -2.16. The molecule has 0 bridgehead atoms. The van der Waals surface area contributed by atoms with Gasteiger partial charge in [0.25, 0.3) is 5.91 Å². The van der Waals surface area contributed by atoms with Crippen LogP contribution < -0.4 is 14.8 Å². The molecule has 2 aromatic rings. The molecule has 0 atom stereocenters. The van der Waals surface area contributed by atoms with Crippen molar-refractivity contribution in [3.05, 3.63) is 47.8 Å². The van der Waals surface area contributed by atoms with Gasteiger partial charge in [0.05, 0.1) is 14.2 Å². The van der Waals surface area contributed by atoms with E-state index in [1.165, 1.54) is 32.4 Å². The third-order valence-electron chi connectivity index (χ3n) is 2.87. The standard InChI is InChI=1S/C15H14N2O5/c1-21-11-7-4-8-12(22-2)13(11)17-14(18)9-5-3-6-10(16-9)15(19)20/h3-8H,1-2H3,(H,17,18)(H,19,20). The van der Waals surface area contributed by atoms with Crippen LogP contribution in [-0.4, -0.2) is 36.2 Å². The van der Waals surface area contributed by atoms with E-state index in [0.717, 1.165) is 0 Å². The minimum absolute atomic E-state index is 0.0205. The van der Waals surface area contributed by atoms with Gasteiger partial charge in [0.1, 0.15) is 28.6 Å². The highest BCUT2D eigenvalue weighted by atomic mass is 16.5. The molecular formula is C15H14N2O5. The molecule has 0 unspecified atom stereocenters. The van der Waals surface area contributed by atoms with Crippen LogP contribution in [0, 0.1) is 0 Å². The summed E-state index contributed by atoms with van der Waals surface area (Å²) in [4.78, 5) is 26.9. The van der Waals surface area contributed by atoms with E-state index in [1.54, 1.807) is 18.2 Å². The molecule has 1 amide bonds. The van der Waals surface area contributed by atoms with Crippen molar-refractivity contribution < 1.29 is 24.2 Å². The number of methoxy groups -OCH3 is 2. The van der Waals surface area contributed by atoms with E-state index >= 15 is 0 Å². The van der Waals surface area contributed by atoms with Gasteiger partial charge in [-0.05, 0) is 24.3 Å². The Kier molecular flexibility index (Phi) is 4.57. The van der Waals surface area contributed by atoms with Gasteiger partial charge in [-0.2, -0.15) is 0 Å². The third kappa shape index (κ3) is 3.14. The van der Waals surface area contributed by atoms with E-state index in [-0.39, 0.29) is 11.4 Å². The van der Waals surface area contributed by atoms with Gasteiger partial charge in [0, 0.05) is 0 Å². The number of ether oxygens (including phenoxy) is 2. The lowest BCUT2D eigenvalue weighted by Gasteiger charge is -2.13. The molecule has 0 aliphatic heterocycles. The first-order valence-electron chi connectivity index (χ1n) is 6.29. The molecule has 0 spiro atoms. The van der Waals surface area contributed by atoms with Crippen molar-refractivity contribution >= 4 is 17.6 Å². The number of amides is 1. The number of para-hydroxylation sites is 1. The average Bonchev–Trinajstić information content (AvgIpc) is 2.55. The van der Waals surface area contributed by atoms with Crippen molar-refractivity contribution in [3.8, 4) is 11.5 Å². The Morgan fingerprint density at radius 1 is 1.00 bits per heavy atom. The Labute approximate surface area is 126 Å². The number of rotatable bonds is 5. The summed E-state index contributed by atoms with van der Waals surface area (Å²) in [5.41, 5.74) is 0.118. The molecular weight excluding hydrogens is 288 g/mol. The van der Waals surface area contributed by atoms with Crippen molar-refractivity contribution in [2.75, 3.05) is 19.5 Å². The minimum Gasteiger partial charge on any atom is -0.494 e. The summed E-state index contributed by atoms with van der Waals surface area (Å²) in [5.74, 6) is -0.931. The van der Waals surface area contributed by atoms with Crippen LogP contribution in [0.15, 0.2) is 36.4 Å². The van der Waals surface area contributed by atoms with Crippen molar-refractivity contribution in [2.24, 2.45) is 0 Å². The number of anilines is 1. The van der Waals surface area contributed by atoms with Crippen LogP contribution in [-0.2, 0) is 0 Å². The summed E-state index contributed by atoms with van der Waals surface area (Å²) < 4.78 is 10.4. The maximum Gasteiger partial charge on any atom is 0.354 e. The van der Waals surface area contributed by atoms with E-state index in [4.69, 9.17) is 14.6 Å². The van der Waals surface area contributed by atoms with Crippen LogP contribution in [0.2, 0.25) is 0 Å². The maximum atomic E-state index is 12.2. The summed E-state index contributed by atoms with van der Waals surface area (Å²) in [7, 11) is 2.93. The zero-order chi connectivity index (χ0) is 16.1. The number of nitrogens with one attached hydrogen (secondary N) is 1. The second kappa shape index (κ2) is 6.57. The second-order valence-corrected chi connectivity index (χ2v) is 4.20. The van der Waals surface area contributed by atoms with Gasteiger partial charge < -0.3 is 19.9 Å². The van der Waals surface area contributed by atoms with Gasteiger partial charge >= 0.3 is 5.97 Å². The molecule has 2 N–H and O–H groups in total. The van der Waals surface area contributed by atoms with Crippen LogP contribution >= 0.6 is 0 Å². The van der Waals surface area contributed by atoms with Gasteiger partial charge in [0.15, 0.2) is 0 Å². The Bertz CT molecular complexity index is 693. The zero-order valence-corrected chi connectivity index (χ0v) is 12.0. The number of aromatic nitrogens is 1. The normalized spacial score (nSPS) is 9.91. The van der Waals surface area contributed by atoms with Gasteiger partial charge in [0.2, 0.25) is 0 Å². The minimum atomic E-state index is -1.20. The Morgan fingerprint density at radius 3 is 2.09 bits per heavy atom. The molecule has 2 rings (SSSR count). The van der Waals surface area contributed by atoms with Crippen molar-refractivity contribution in [1.82, 2.24) is 4.98 Å². The average molecular weight is 302 g/mol. The molecule has 0 aliphatic rings. The van der Waals surface area contributed by atoms with Crippen LogP contribution in [0.4, 0.5) is 5.69 Å². The molecule has 7 nitrogen and oxygen atoms in total. The summed E-state index contributed by atoms with van der Waals surface area (Å²) in [6.45, 7) is 0. The molecule has 0 fully saturated rings. The first-order valence-corrected chi connectivity index (χ1v) is 6.29. The SMILES string of the molecule is COc1cccc(OC)c1NC(=O)c1cccc(C(=O)O)n1. The lowest BCUT2D eigenvalue weighted by atomic mass is 10.2. The van der Waals surface area contributed by atoms with Crippen LogP contribution in [0.3, 0.4) is 0 Å². The molecule has 114 valence electrons. The number of carbonyl (C=O) groups excluding carboxylic acids is 1. The number of aromatic carboxylic acids is 1. The number of carbonyl (C=O) groups is 2. The predicted molar refractivity (Wildman–Crippen MR) is 78.7 cm³/mol. The second-order valence-electron chi connectivity index (χ2n) is 4.20.